The van der Waals surface area contributed by atoms with Crippen molar-refractivity contribution in [1.82, 2.24) is 5.32 Å². The second kappa shape index (κ2) is 10.1. The third kappa shape index (κ3) is 6.40. The molecule has 0 aromatic heterocycles. The van der Waals surface area contributed by atoms with Gasteiger partial charge in [-0.3, -0.25) is 9.59 Å². The van der Waals surface area contributed by atoms with Crippen LogP contribution in [0, 0.1) is 0 Å². The highest BCUT2D eigenvalue weighted by molar-refractivity contribution is 9.10. The minimum absolute atomic E-state index is 0.0832. The lowest BCUT2D eigenvalue weighted by Gasteiger charge is -2.14. The van der Waals surface area contributed by atoms with Crippen LogP contribution >= 0.6 is 15.9 Å². The van der Waals surface area contributed by atoms with Gasteiger partial charge in [0.25, 0.3) is 11.8 Å². The number of ether oxygens (including phenoxy) is 1. The van der Waals surface area contributed by atoms with E-state index in [4.69, 9.17) is 4.74 Å². The van der Waals surface area contributed by atoms with Gasteiger partial charge in [-0.1, -0.05) is 36.7 Å². The lowest BCUT2D eigenvalue weighted by molar-refractivity contribution is -0.118. The molecular formula is C21H25BrN2O3. The van der Waals surface area contributed by atoms with Crippen LogP contribution < -0.4 is 15.4 Å². The minimum Gasteiger partial charge on any atom is -0.483 e. The number of amides is 2. The number of carbonyl (C=O) groups is 2. The fraction of sp³-hybridized carbons (Fsp3) is 0.333. The molecule has 2 rings (SSSR count). The van der Waals surface area contributed by atoms with Crippen LogP contribution in [0.5, 0.6) is 5.75 Å². The third-order valence-corrected chi connectivity index (χ3v) is 4.41. The Morgan fingerprint density at radius 1 is 1.11 bits per heavy atom. The molecule has 0 atom stereocenters. The number of anilines is 1. The van der Waals surface area contributed by atoms with Crippen LogP contribution in [0.15, 0.2) is 46.9 Å². The number of nitrogens with one attached hydrogen (secondary N) is 2. The van der Waals surface area contributed by atoms with E-state index in [0.29, 0.717) is 23.5 Å². The number of benzene rings is 2. The Morgan fingerprint density at radius 2 is 1.81 bits per heavy atom. The molecule has 0 saturated heterocycles. The maximum atomic E-state index is 12.2. The number of rotatable bonds is 8. The van der Waals surface area contributed by atoms with Crippen molar-refractivity contribution >= 4 is 33.4 Å². The van der Waals surface area contributed by atoms with Gasteiger partial charge in [0.05, 0.1) is 0 Å². The van der Waals surface area contributed by atoms with Crippen molar-refractivity contribution in [1.29, 1.82) is 0 Å². The lowest BCUT2D eigenvalue weighted by Crippen LogP contribution is -2.24. The quantitative estimate of drug-likeness (QED) is 0.633. The van der Waals surface area contributed by atoms with Gasteiger partial charge in [0.2, 0.25) is 0 Å². The molecule has 0 heterocycles. The average Bonchev–Trinajstić information content (AvgIpc) is 2.65. The van der Waals surface area contributed by atoms with Crippen molar-refractivity contribution in [2.24, 2.45) is 0 Å². The Kier molecular flexibility index (Phi) is 7.85. The Morgan fingerprint density at radius 3 is 2.44 bits per heavy atom. The predicted molar refractivity (Wildman–Crippen MR) is 111 cm³/mol. The van der Waals surface area contributed by atoms with Crippen LogP contribution in [0.1, 0.15) is 49.0 Å². The highest BCUT2D eigenvalue weighted by atomic mass is 79.9. The number of hydrogen-bond acceptors (Lipinski definition) is 3. The Hall–Kier alpha value is -2.34. The molecule has 0 fully saturated rings. The van der Waals surface area contributed by atoms with E-state index in [0.717, 1.165) is 16.5 Å². The average molecular weight is 433 g/mol. The van der Waals surface area contributed by atoms with Gasteiger partial charge in [-0.15, -0.1) is 0 Å². The molecule has 2 aromatic carbocycles. The van der Waals surface area contributed by atoms with Crippen LogP contribution in [0.3, 0.4) is 0 Å². The zero-order valence-corrected chi connectivity index (χ0v) is 17.4. The molecule has 0 unspecified atom stereocenters. The second-order valence-electron chi connectivity index (χ2n) is 6.51. The smallest absolute Gasteiger partial charge is 0.262 e. The summed E-state index contributed by atoms with van der Waals surface area (Å²) >= 11 is 3.46. The molecule has 0 radical (unpaired) electrons. The van der Waals surface area contributed by atoms with Gasteiger partial charge in [-0.25, -0.2) is 0 Å². The van der Waals surface area contributed by atoms with E-state index in [-0.39, 0.29) is 24.3 Å². The molecule has 0 spiro atoms. The van der Waals surface area contributed by atoms with E-state index >= 15 is 0 Å². The molecule has 144 valence electrons. The summed E-state index contributed by atoms with van der Waals surface area (Å²) < 4.78 is 6.67. The van der Waals surface area contributed by atoms with Crippen molar-refractivity contribution in [3.05, 3.63) is 58.1 Å². The second-order valence-corrected chi connectivity index (χ2v) is 7.42. The van der Waals surface area contributed by atoms with Crippen molar-refractivity contribution < 1.29 is 14.3 Å². The summed E-state index contributed by atoms with van der Waals surface area (Å²) in [7, 11) is 0. The fourth-order valence-corrected chi connectivity index (χ4v) is 2.87. The summed E-state index contributed by atoms with van der Waals surface area (Å²) in [6.45, 7) is 6.71. The summed E-state index contributed by atoms with van der Waals surface area (Å²) in [5, 5.41) is 5.59. The topological polar surface area (TPSA) is 67.4 Å². The monoisotopic (exact) mass is 432 g/mol. The Labute approximate surface area is 168 Å². The van der Waals surface area contributed by atoms with Crippen LogP contribution in [0.25, 0.3) is 0 Å². The highest BCUT2D eigenvalue weighted by Crippen LogP contribution is 2.29. The summed E-state index contributed by atoms with van der Waals surface area (Å²) in [5.74, 6) is 0.614. The van der Waals surface area contributed by atoms with Gasteiger partial charge >= 0.3 is 0 Å². The Balaban J connectivity index is 1.92. The molecule has 0 aliphatic rings. The Bertz CT molecular complexity index is 789. The number of hydrogen-bond donors (Lipinski definition) is 2. The van der Waals surface area contributed by atoms with E-state index in [1.165, 1.54) is 0 Å². The van der Waals surface area contributed by atoms with Crippen LogP contribution in [-0.4, -0.2) is 25.0 Å². The largest absolute Gasteiger partial charge is 0.483 e. The first-order chi connectivity index (χ1) is 12.9. The third-order valence-electron chi connectivity index (χ3n) is 3.92. The first kappa shape index (κ1) is 21.0. The SMILES string of the molecule is CCCNC(=O)c1ccc(NC(=O)COc2ccc(Br)cc2C(C)C)cc1. The molecule has 5 nitrogen and oxygen atoms in total. The van der Waals surface area contributed by atoms with E-state index in [1.807, 2.05) is 25.1 Å². The zero-order chi connectivity index (χ0) is 19.8. The van der Waals surface area contributed by atoms with Crippen molar-refractivity contribution in [3.8, 4) is 5.75 Å². The molecule has 2 aromatic rings. The fourth-order valence-electron chi connectivity index (χ4n) is 2.49. The van der Waals surface area contributed by atoms with Crippen LogP contribution in [0.4, 0.5) is 5.69 Å². The molecule has 2 N–H and O–H groups in total. The van der Waals surface area contributed by atoms with Crippen molar-refractivity contribution in [2.45, 2.75) is 33.1 Å². The van der Waals surface area contributed by atoms with E-state index in [2.05, 4.69) is 40.4 Å². The molecule has 2 amide bonds. The molecular weight excluding hydrogens is 408 g/mol. The van der Waals surface area contributed by atoms with E-state index in [1.54, 1.807) is 24.3 Å². The summed E-state index contributed by atoms with van der Waals surface area (Å²) in [6, 6.07) is 12.5. The first-order valence-electron chi connectivity index (χ1n) is 9.01. The first-order valence-corrected chi connectivity index (χ1v) is 9.80. The zero-order valence-electron chi connectivity index (χ0n) is 15.8. The highest BCUT2D eigenvalue weighted by Gasteiger charge is 2.11. The van der Waals surface area contributed by atoms with Gasteiger partial charge in [0.15, 0.2) is 6.61 Å². The van der Waals surface area contributed by atoms with E-state index in [9.17, 15) is 9.59 Å². The maximum Gasteiger partial charge on any atom is 0.262 e. The summed E-state index contributed by atoms with van der Waals surface area (Å²) in [6.07, 6.45) is 0.886. The van der Waals surface area contributed by atoms with Crippen LogP contribution in [0.2, 0.25) is 0 Å². The number of halogens is 1. The minimum atomic E-state index is -0.254. The van der Waals surface area contributed by atoms with Gasteiger partial charge in [-0.2, -0.15) is 0 Å². The molecule has 0 aliphatic heterocycles. The molecule has 0 saturated carbocycles. The van der Waals surface area contributed by atoms with E-state index < -0.39 is 0 Å². The van der Waals surface area contributed by atoms with Crippen LogP contribution in [-0.2, 0) is 4.79 Å². The van der Waals surface area contributed by atoms with Gasteiger partial charge in [0.1, 0.15) is 5.75 Å². The summed E-state index contributed by atoms with van der Waals surface area (Å²) in [5.41, 5.74) is 2.23. The van der Waals surface area contributed by atoms with Gasteiger partial charge in [-0.05, 0) is 60.4 Å². The molecule has 0 aliphatic carbocycles. The number of carbonyl (C=O) groups excluding carboxylic acids is 2. The van der Waals surface area contributed by atoms with Gasteiger partial charge in [0, 0.05) is 22.3 Å². The summed E-state index contributed by atoms with van der Waals surface area (Å²) in [4.78, 5) is 24.1. The standard InChI is InChI=1S/C21H25BrN2O3/c1-4-11-23-21(26)15-5-8-17(9-6-15)24-20(25)13-27-19-10-7-16(22)12-18(19)14(2)3/h5-10,12,14H,4,11,13H2,1-3H3,(H,23,26)(H,24,25). The lowest BCUT2D eigenvalue weighted by atomic mass is 10.0. The molecule has 27 heavy (non-hydrogen) atoms. The maximum absolute atomic E-state index is 12.2. The predicted octanol–water partition coefficient (Wildman–Crippen LogP) is 4.73. The van der Waals surface area contributed by atoms with Gasteiger partial charge < -0.3 is 15.4 Å². The molecule has 0 bridgehead atoms. The van der Waals surface area contributed by atoms with Crippen molar-refractivity contribution in [3.63, 3.8) is 0 Å². The van der Waals surface area contributed by atoms with Crippen molar-refractivity contribution in [2.75, 3.05) is 18.5 Å². The molecule has 6 heteroatoms. The normalized spacial score (nSPS) is 10.6.